The molecule has 6 heteroatoms. The molecule has 1 aromatic carbocycles. The Morgan fingerprint density at radius 1 is 1.47 bits per heavy atom. The van der Waals surface area contributed by atoms with Gasteiger partial charge in [-0.15, -0.1) is 0 Å². The highest BCUT2D eigenvalue weighted by molar-refractivity contribution is 6.31. The third-order valence-electron chi connectivity index (χ3n) is 2.24. The van der Waals surface area contributed by atoms with E-state index in [9.17, 15) is 4.79 Å². The number of halogens is 1. The van der Waals surface area contributed by atoms with Crippen molar-refractivity contribution in [3.8, 4) is 0 Å². The molecule has 1 heterocycles. The van der Waals surface area contributed by atoms with E-state index in [0.717, 1.165) is 0 Å². The second-order valence-corrected chi connectivity index (χ2v) is 4.12. The lowest BCUT2D eigenvalue weighted by atomic mass is 10.2. The second kappa shape index (κ2) is 4.25. The van der Waals surface area contributed by atoms with Gasteiger partial charge in [-0.1, -0.05) is 11.6 Å². The maximum Gasteiger partial charge on any atom is 0.340 e. The highest BCUT2D eigenvalue weighted by Crippen LogP contribution is 2.27. The van der Waals surface area contributed by atoms with Crippen LogP contribution in [0.15, 0.2) is 16.5 Å². The van der Waals surface area contributed by atoms with E-state index in [0.29, 0.717) is 27.7 Å². The van der Waals surface area contributed by atoms with E-state index in [1.807, 2.05) is 0 Å². The number of carbonyl (C=O) groups excluding carboxylic acids is 1. The van der Waals surface area contributed by atoms with Gasteiger partial charge in [-0.05, 0) is 6.07 Å². The van der Waals surface area contributed by atoms with Crippen molar-refractivity contribution in [2.24, 2.45) is 0 Å². The lowest BCUT2D eigenvalue weighted by Crippen LogP contribution is -2.08. The summed E-state index contributed by atoms with van der Waals surface area (Å²) in [6.07, 6.45) is 0. The zero-order valence-electron chi connectivity index (χ0n) is 9.65. The molecule has 0 fully saturated rings. The normalized spacial score (nSPS) is 10.6. The molecule has 0 radical (unpaired) electrons. The second-order valence-electron chi connectivity index (χ2n) is 3.68. The Morgan fingerprint density at radius 2 is 2.18 bits per heavy atom. The lowest BCUT2D eigenvalue weighted by molar-refractivity contribution is 0.0603. The van der Waals surface area contributed by atoms with Gasteiger partial charge >= 0.3 is 5.97 Å². The monoisotopic (exact) mass is 254 g/mol. The molecule has 0 amide bonds. The summed E-state index contributed by atoms with van der Waals surface area (Å²) in [6.45, 7) is 0. The highest BCUT2D eigenvalue weighted by atomic mass is 35.5. The van der Waals surface area contributed by atoms with Gasteiger partial charge in [0, 0.05) is 25.2 Å². The Balaban J connectivity index is 2.69. The summed E-state index contributed by atoms with van der Waals surface area (Å²) in [5.74, 6) is -0.490. The number of carbonyl (C=O) groups is 1. The van der Waals surface area contributed by atoms with Crippen molar-refractivity contribution >= 4 is 34.7 Å². The first-order chi connectivity index (χ1) is 8.02. The molecule has 5 nitrogen and oxygen atoms in total. The van der Waals surface area contributed by atoms with E-state index in [4.69, 9.17) is 16.0 Å². The largest absolute Gasteiger partial charge is 0.465 e. The molecular weight excluding hydrogens is 244 g/mol. The summed E-state index contributed by atoms with van der Waals surface area (Å²) in [5.41, 5.74) is 1.21. The summed E-state index contributed by atoms with van der Waals surface area (Å²) >= 11 is 5.90. The van der Waals surface area contributed by atoms with Gasteiger partial charge in [0.2, 0.25) is 0 Å². The molecule has 2 aromatic rings. The van der Waals surface area contributed by atoms with E-state index >= 15 is 0 Å². The Labute approximate surface area is 103 Å². The summed E-state index contributed by atoms with van der Waals surface area (Å²) in [4.78, 5) is 17.5. The molecule has 0 bridgehead atoms. The number of aromatic nitrogens is 1. The van der Waals surface area contributed by atoms with E-state index in [1.165, 1.54) is 13.2 Å². The predicted octanol–water partition coefficient (Wildman–Crippen LogP) is 2.33. The molecule has 2 rings (SSSR count). The lowest BCUT2D eigenvalue weighted by Gasteiger charge is -2.03. The summed E-state index contributed by atoms with van der Waals surface area (Å²) < 4.78 is 10.1. The number of esters is 1. The average Bonchev–Trinajstić information content (AvgIpc) is 2.70. The first-order valence-corrected chi connectivity index (χ1v) is 5.26. The maximum absolute atomic E-state index is 11.6. The molecule has 0 saturated carbocycles. The van der Waals surface area contributed by atoms with E-state index in [2.05, 4.69) is 9.72 Å². The standard InChI is InChI=1S/C11H11ClN2O3/c1-14(2)11-13-9-7(10(15)16-3)4-6(12)5-8(9)17-11/h4-5H,1-3H3. The average molecular weight is 255 g/mol. The van der Waals surface area contributed by atoms with Crippen LogP contribution in [0.1, 0.15) is 10.4 Å². The molecule has 0 unspecified atom stereocenters. The van der Waals surface area contributed by atoms with Crippen molar-refractivity contribution in [3.05, 3.63) is 22.7 Å². The molecule has 17 heavy (non-hydrogen) atoms. The quantitative estimate of drug-likeness (QED) is 0.770. The van der Waals surface area contributed by atoms with Crippen LogP contribution in [0.5, 0.6) is 0 Å². The number of fused-ring (bicyclic) bond motifs is 1. The minimum atomic E-state index is -0.490. The van der Waals surface area contributed by atoms with Crippen LogP contribution >= 0.6 is 11.6 Å². The van der Waals surface area contributed by atoms with Gasteiger partial charge < -0.3 is 14.1 Å². The van der Waals surface area contributed by atoms with Crippen LogP contribution in [0.4, 0.5) is 6.01 Å². The molecule has 0 aliphatic carbocycles. The van der Waals surface area contributed by atoms with Crippen molar-refractivity contribution in [1.29, 1.82) is 0 Å². The summed E-state index contributed by atoms with van der Waals surface area (Å²) in [5, 5.41) is 0.402. The molecular formula is C11H11ClN2O3. The third kappa shape index (κ3) is 2.06. The zero-order chi connectivity index (χ0) is 12.6. The predicted molar refractivity (Wildman–Crippen MR) is 64.7 cm³/mol. The number of nitrogens with zero attached hydrogens (tertiary/aromatic N) is 2. The van der Waals surface area contributed by atoms with Crippen LogP contribution in [0, 0.1) is 0 Å². The van der Waals surface area contributed by atoms with Crippen LogP contribution in [0.25, 0.3) is 11.1 Å². The Bertz CT molecular complexity index is 577. The van der Waals surface area contributed by atoms with Gasteiger partial charge in [0.1, 0.15) is 5.52 Å². The number of benzene rings is 1. The highest BCUT2D eigenvalue weighted by Gasteiger charge is 2.17. The number of rotatable bonds is 2. The van der Waals surface area contributed by atoms with Crippen molar-refractivity contribution in [2.45, 2.75) is 0 Å². The number of hydrogen-bond acceptors (Lipinski definition) is 5. The molecule has 0 aliphatic rings. The fourth-order valence-corrected chi connectivity index (χ4v) is 1.65. The van der Waals surface area contributed by atoms with Crippen LogP contribution in [-0.2, 0) is 4.74 Å². The van der Waals surface area contributed by atoms with Crippen molar-refractivity contribution in [3.63, 3.8) is 0 Å². The third-order valence-corrected chi connectivity index (χ3v) is 2.45. The molecule has 0 aliphatic heterocycles. The SMILES string of the molecule is COC(=O)c1cc(Cl)cc2oc(N(C)C)nc12. The van der Waals surface area contributed by atoms with Gasteiger partial charge in [-0.2, -0.15) is 4.98 Å². The van der Waals surface area contributed by atoms with Gasteiger partial charge in [-0.3, -0.25) is 0 Å². The number of hydrogen-bond donors (Lipinski definition) is 0. The fraction of sp³-hybridized carbons (Fsp3) is 0.273. The number of methoxy groups -OCH3 is 1. The van der Waals surface area contributed by atoms with E-state index < -0.39 is 5.97 Å². The number of ether oxygens (including phenoxy) is 1. The van der Waals surface area contributed by atoms with Crippen molar-refractivity contribution < 1.29 is 13.9 Å². The molecule has 1 aromatic heterocycles. The minimum absolute atomic E-state index is 0.298. The van der Waals surface area contributed by atoms with Crippen LogP contribution in [0.3, 0.4) is 0 Å². The van der Waals surface area contributed by atoms with Crippen LogP contribution < -0.4 is 4.90 Å². The smallest absolute Gasteiger partial charge is 0.340 e. The molecule has 0 spiro atoms. The molecule has 0 atom stereocenters. The molecule has 90 valence electrons. The zero-order valence-corrected chi connectivity index (χ0v) is 10.4. The number of oxazole rings is 1. The summed E-state index contributed by atoms with van der Waals surface area (Å²) in [6, 6.07) is 3.54. The van der Waals surface area contributed by atoms with Crippen molar-refractivity contribution in [2.75, 3.05) is 26.1 Å². The van der Waals surface area contributed by atoms with E-state index in [-0.39, 0.29) is 0 Å². The Hall–Kier alpha value is -1.75. The summed E-state index contributed by atoms with van der Waals surface area (Å²) in [7, 11) is 4.90. The maximum atomic E-state index is 11.6. The molecule has 0 N–H and O–H groups in total. The van der Waals surface area contributed by atoms with Gasteiger partial charge in [0.15, 0.2) is 5.58 Å². The van der Waals surface area contributed by atoms with E-state index in [1.54, 1.807) is 25.1 Å². The van der Waals surface area contributed by atoms with Crippen LogP contribution in [0.2, 0.25) is 5.02 Å². The molecule has 0 saturated heterocycles. The Kier molecular flexibility index (Phi) is 2.93. The minimum Gasteiger partial charge on any atom is -0.465 e. The van der Waals surface area contributed by atoms with Crippen molar-refractivity contribution in [1.82, 2.24) is 4.98 Å². The van der Waals surface area contributed by atoms with Gasteiger partial charge in [0.25, 0.3) is 6.01 Å². The fourth-order valence-electron chi connectivity index (χ4n) is 1.44. The first kappa shape index (κ1) is 11.7. The topological polar surface area (TPSA) is 55.6 Å². The van der Waals surface area contributed by atoms with Gasteiger partial charge in [-0.25, -0.2) is 4.79 Å². The first-order valence-electron chi connectivity index (χ1n) is 4.88. The Morgan fingerprint density at radius 3 is 2.76 bits per heavy atom. The van der Waals surface area contributed by atoms with Gasteiger partial charge in [0.05, 0.1) is 12.7 Å². The van der Waals surface area contributed by atoms with Crippen LogP contribution in [-0.4, -0.2) is 32.2 Å². The number of anilines is 1.